The predicted octanol–water partition coefficient (Wildman–Crippen LogP) is 3.64. The average Bonchev–Trinajstić information content (AvgIpc) is 2.51. The van der Waals surface area contributed by atoms with E-state index in [1.807, 2.05) is 0 Å². The van der Waals surface area contributed by atoms with Crippen molar-refractivity contribution in [2.75, 3.05) is 5.06 Å². The Kier molecular flexibility index (Phi) is 5.23. The lowest BCUT2D eigenvalue weighted by Crippen LogP contribution is -2.46. The predicted molar refractivity (Wildman–Crippen MR) is 77.6 cm³/mol. The van der Waals surface area contributed by atoms with Gasteiger partial charge in [-0.15, -0.1) is 13.2 Å². The van der Waals surface area contributed by atoms with E-state index in [0.29, 0.717) is 10.6 Å². The molecule has 0 aliphatic heterocycles. The van der Waals surface area contributed by atoms with Gasteiger partial charge in [0.1, 0.15) is 0 Å². The third kappa shape index (κ3) is 5.00. The lowest BCUT2D eigenvalue weighted by molar-refractivity contribution is -0.332. The Morgan fingerprint density at radius 2 is 1.57 bits per heavy atom. The Morgan fingerprint density at radius 3 is 2.04 bits per heavy atom. The third-order valence-electron chi connectivity index (χ3n) is 3.05. The first-order chi connectivity index (χ1) is 10.9. The molecular weight excluding hydrogens is 311 g/mol. The van der Waals surface area contributed by atoms with Gasteiger partial charge in [-0.2, -0.15) is 4.84 Å². The summed E-state index contributed by atoms with van der Waals surface area (Å²) in [5, 5.41) is 9.76. The molecule has 1 atom stereocenters. The van der Waals surface area contributed by atoms with Crippen LogP contribution < -0.4 is 5.06 Å². The topological polar surface area (TPSA) is 49.8 Å². The lowest BCUT2D eigenvalue weighted by atomic mass is 10.1. The highest BCUT2D eigenvalue weighted by molar-refractivity contribution is 5.78. The number of anilines is 1. The molecule has 1 unspecified atom stereocenters. The molecule has 4 nitrogen and oxygen atoms in total. The molecule has 23 heavy (non-hydrogen) atoms. The minimum absolute atomic E-state index is 0.00755. The SMILES string of the molecule is O=C(O)C(Cc1ccccc1)N(OC(F)(F)F)c1ccccc1. The maximum Gasteiger partial charge on any atom is 0.544 e. The van der Waals surface area contributed by atoms with Crippen molar-refractivity contribution in [1.29, 1.82) is 0 Å². The number of nitrogens with zero attached hydrogens (tertiary/aromatic N) is 1. The summed E-state index contributed by atoms with van der Waals surface area (Å²) in [5.41, 5.74) is 0.597. The number of carboxylic acid groups (broad SMARTS) is 1. The maximum absolute atomic E-state index is 12.7. The third-order valence-corrected chi connectivity index (χ3v) is 3.05. The van der Waals surface area contributed by atoms with Gasteiger partial charge in [-0.25, -0.2) is 9.86 Å². The Morgan fingerprint density at radius 1 is 1.04 bits per heavy atom. The molecule has 2 rings (SSSR count). The van der Waals surface area contributed by atoms with Gasteiger partial charge < -0.3 is 5.11 Å². The summed E-state index contributed by atoms with van der Waals surface area (Å²) in [7, 11) is 0. The molecule has 0 aliphatic rings. The molecule has 0 saturated heterocycles. The van der Waals surface area contributed by atoms with Crippen molar-refractivity contribution < 1.29 is 27.9 Å². The molecule has 0 heterocycles. The number of aliphatic carboxylic acids is 1. The van der Waals surface area contributed by atoms with Gasteiger partial charge in [0.05, 0.1) is 5.69 Å². The molecule has 0 amide bonds. The van der Waals surface area contributed by atoms with Crippen molar-refractivity contribution in [3.63, 3.8) is 0 Å². The monoisotopic (exact) mass is 325 g/mol. The van der Waals surface area contributed by atoms with Gasteiger partial charge in [0.15, 0.2) is 6.04 Å². The number of rotatable bonds is 6. The van der Waals surface area contributed by atoms with E-state index in [1.54, 1.807) is 36.4 Å². The maximum atomic E-state index is 12.7. The summed E-state index contributed by atoms with van der Waals surface area (Å²) in [4.78, 5) is 15.5. The Hall–Kier alpha value is -2.54. The van der Waals surface area contributed by atoms with E-state index >= 15 is 0 Å². The van der Waals surface area contributed by atoms with Crippen molar-refractivity contribution >= 4 is 11.7 Å². The molecule has 0 bridgehead atoms. The number of para-hydroxylation sites is 1. The Balaban J connectivity index is 2.34. The van der Waals surface area contributed by atoms with Gasteiger partial charge in [-0.3, -0.25) is 0 Å². The highest BCUT2D eigenvalue weighted by Gasteiger charge is 2.39. The largest absolute Gasteiger partial charge is 0.544 e. The second-order valence-electron chi connectivity index (χ2n) is 4.74. The van der Waals surface area contributed by atoms with E-state index in [9.17, 15) is 23.1 Å². The minimum Gasteiger partial charge on any atom is -0.480 e. The zero-order chi connectivity index (χ0) is 16.9. The van der Waals surface area contributed by atoms with Crippen LogP contribution in [0.25, 0.3) is 0 Å². The standard InChI is InChI=1S/C16H14F3NO3/c17-16(18,19)23-20(13-9-5-2-6-10-13)14(15(21)22)11-12-7-3-1-4-8-12/h1-10,14H,11H2,(H,21,22). The zero-order valence-electron chi connectivity index (χ0n) is 11.9. The molecule has 0 aliphatic carbocycles. The molecule has 0 fully saturated rings. The summed E-state index contributed by atoms with van der Waals surface area (Å²) in [5.74, 6) is -1.41. The van der Waals surface area contributed by atoms with E-state index in [2.05, 4.69) is 4.84 Å². The highest BCUT2D eigenvalue weighted by atomic mass is 19.4. The first-order valence-electron chi connectivity index (χ1n) is 6.74. The molecular formula is C16H14F3NO3. The van der Waals surface area contributed by atoms with E-state index in [-0.39, 0.29) is 12.1 Å². The quantitative estimate of drug-likeness (QED) is 0.824. The first kappa shape index (κ1) is 16.8. The molecule has 0 aromatic heterocycles. The van der Waals surface area contributed by atoms with E-state index < -0.39 is 18.4 Å². The second-order valence-corrected chi connectivity index (χ2v) is 4.74. The Labute approximate surface area is 130 Å². The number of carboxylic acids is 1. The van der Waals surface area contributed by atoms with E-state index in [1.165, 1.54) is 24.3 Å². The number of hydroxylamine groups is 1. The Bertz CT molecular complexity index is 632. The fraction of sp³-hybridized carbons (Fsp3) is 0.188. The van der Waals surface area contributed by atoms with Crippen molar-refractivity contribution in [2.45, 2.75) is 18.8 Å². The molecule has 0 spiro atoms. The first-order valence-corrected chi connectivity index (χ1v) is 6.74. The van der Waals surface area contributed by atoms with Gasteiger partial charge >= 0.3 is 12.3 Å². The summed E-state index contributed by atoms with van der Waals surface area (Å²) in [6, 6.07) is 14.2. The lowest BCUT2D eigenvalue weighted by Gasteiger charge is -2.30. The molecule has 0 radical (unpaired) electrons. The van der Waals surface area contributed by atoms with Crippen LogP contribution in [0.15, 0.2) is 60.7 Å². The number of carbonyl (C=O) groups is 1. The highest BCUT2D eigenvalue weighted by Crippen LogP contribution is 2.27. The number of benzene rings is 2. The fourth-order valence-electron chi connectivity index (χ4n) is 2.09. The van der Waals surface area contributed by atoms with Crippen molar-refractivity contribution in [3.05, 3.63) is 66.2 Å². The minimum atomic E-state index is -5.00. The molecule has 2 aromatic rings. The molecule has 7 heteroatoms. The van der Waals surface area contributed by atoms with Crippen LogP contribution in [-0.2, 0) is 16.1 Å². The number of halogens is 3. The van der Waals surface area contributed by atoms with Crippen LogP contribution in [0, 0.1) is 0 Å². The van der Waals surface area contributed by atoms with Crippen LogP contribution in [0.3, 0.4) is 0 Å². The van der Waals surface area contributed by atoms with Crippen LogP contribution >= 0.6 is 0 Å². The van der Waals surface area contributed by atoms with Crippen LogP contribution in [0.4, 0.5) is 18.9 Å². The van der Waals surface area contributed by atoms with Gasteiger partial charge in [-0.05, 0) is 17.7 Å². The zero-order valence-corrected chi connectivity index (χ0v) is 11.9. The van der Waals surface area contributed by atoms with Crippen LogP contribution in [0.2, 0.25) is 0 Å². The number of alkyl halides is 3. The second kappa shape index (κ2) is 7.15. The van der Waals surface area contributed by atoms with Crippen LogP contribution in [0.1, 0.15) is 5.56 Å². The summed E-state index contributed by atoms with van der Waals surface area (Å²) in [6.45, 7) is 0. The van der Waals surface area contributed by atoms with Crippen LogP contribution in [0.5, 0.6) is 0 Å². The van der Waals surface area contributed by atoms with Crippen molar-refractivity contribution in [1.82, 2.24) is 0 Å². The molecule has 0 saturated carbocycles. The van der Waals surface area contributed by atoms with Gasteiger partial charge in [0.2, 0.25) is 0 Å². The number of hydrogen-bond donors (Lipinski definition) is 1. The smallest absolute Gasteiger partial charge is 0.480 e. The fourth-order valence-corrected chi connectivity index (χ4v) is 2.09. The molecule has 1 N–H and O–H groups in total. The average molecular weight is 325 g/mol. The van der Waals surface area contributed by atoms with Gasteiger partial charge in [-0.1, -0.05) is 48.5 Å². The summed E-state index contributed by atoms with van der Waals surface area (Å²) < 4.78 is 38.1. The number of hydrogen-bond acceptors (Lipinski definition) is 3. The van der Waals surface area contributed by atoms with Gasteiger partial charge in [0, 0.05) is 6.42 Å². The van der Waals surface area contributed by atoms with E-state index in [0.717, 1.165) is 0 Å². The van der Waals surface area contributed by atoms with Gasteiger partial charge in [0.25, 0.3) is 0 Å². The molecule has 2 aromatic carbocycles. The van der Waals surface area contributed by atoms with Crippen molar-refractivity contribution in [2.24, 2.45) is 0 Å². The van der Waals surface area contributed by atoms with Crippen molar-refractivity contribution in [3.8, 4) is 0 Å². The van der Waals surface area contributed by atoms with Crippen LogP contribution in [-0.4, -0.2) is 23.5 Å². The van der Waals surface area contributed by atoms with E-state index in [4.69, 9.17) is 0 Å². The molecule has 122 valence electrons. The summed E-state index contributed by atoms with van der Waals surface area (Å²) in [6.07, 6.45) is -5.14. The summed E-state index contributed by atoms with van der Waals surface area (Å²) >= 11 is 0. The normalized spacial score (nSPS) is 12.7.